The van der Waals surface area contributed by atoms with Crippen LogP contribution in [-0.2, 0) is 16.4 Å². The molecule has 1 heterocycles. The van der Waals surface area contributed by atoms with Gasteiger partial charge >= 0.3 is 0 Å². The molecule has 4 nitrogen and oxygen atoms in total. The third-order valence-corrected chi connectivity index (χ3v) is 4.94. The van der Waals surface area contributed by atoms with Crippen LogP contribution in [0.3, 0.4) is 0 Å². The molecule has 0 bridgehead atoms. The van der Waals surface area contributed by atoms with Crippen LogP contribution in [0.1, 0.15) is 31.7 Å². The van der Waals surface area contributed by atoms with Crippen molar-refractivity contribution in [3.63, 3.8) is 0 Å². The van der Waals surface area contributed by atoms with Crippen LogP contribution in [0.2, 0.25) is 0 Å². The molecule has 1 aromatic rings. The van der Waals surface area contributed by atoms with Crippen molar-refractivity contribution in [2.45, 2.75) is 49.7 Å². The minimum atomic E-state index is -3.10. The predicted molar refractivity (Wildman–Crippen MR) is 81.5 cm³/mol. The lowest BCUT2D eigenvalue weighted by Gasteiger charge is -2.18. The average Bonchev–Trinajstić information content (AvgIpc) is 2.88. The maximum Gasteiger partial charge on any atom is 0.175 e. The fourth-order valence-corrected chi connectivity index (χ4v) is 3.25. The number of rotatable bonds is 6. The van der Waals surface area contributed by atoms with Crippen molar-refractivity contribution in [1.29, 1.82) is 0 Å². The first-order valence-corrected chi connectivity index (χ1v) is 9.10. The topological polar surface area (TPSA) is 58.2 Å². The Morgan fingerprint density at radius 2 is 2.05 bits per heavy atom. The van der Waals surface area contributed by atoms with Gasteiger partial charge in [0, 0.05) is 24.9 Å². The van der Waals surface area contributed by atoms with Crippen molar-refractivity contribution >= 4 is 9.84 Å². The van der Waals surface area contributed by atoms with Gasteiger partial charge in [0.15, 0.2) is 9.84 Å². The van der Waals surface area contributed by atoms with Crippen molar-refractivity contribution in [2.24, 2.45) is 0 Å². The van der Waals surface area contributed by atoms with E-state index in [-0.39, 0.29) is 0 Å². The molecule has 1 aliphatic heterocycles. The van der Waals surface area contributed by atoms with Crippen molar-refractivity contribution < 1.29 is 8.42 Å². The Hall–Kier alpha value is -0.910. The highest BCUT2D eigenvalue weighted by Crippen LogP contribution is 2.12. The van der Waals surface area contributed by atoms with E-state index in [0.29, 0.717) is 17.0 Å². The minimum absolute atomic E-state index is 0.379. The van der Waals surface area contributed by atoms with Crippen molar-refractivity contribution in [1.82, 2.24) is 10.6 Å². The van der Waals surface area contributed by atoms with E-state index in [0.717, 1.165) is 25.1 Å². The summed E-state index contributed by atoms with van der Waals surface area (Å²) in [7, 11) is -3.10. The average molecular weight is 296 g/mol. The van der Waals surface area contributed by atoms with Crippen molar-refractivity contribution in [2.75, 3.05) is 12.8 Å². The Labute approximate surface area is 121 Å². The molecule has 0 saturated carbocycles. The summed E-state index contributed by atoms with van der Waals surface area (Å²) >= 11 is 0. The molecule has 0 aromatic heterocycles. The molecule has 2 atom stereocenters. The minimum Gasteiger partial charge on any atom is -0.314 e. The third-order valence-electron chi connectivity index (χ3n) is 3.81. The molecule has 20 heavy (non-hydrogen) atoms. The van der Waals surface area contributed by atoms with E-state index >= 15 is 0 Å². The van der Waals surface area contributed by atoms with Crippen LogP contribution in [0.25, 0.3) is 0 Å². The molecule has 2 N–H and O–H groups in total. The molecule has 5 heteroatoms. The molecule has 0 aliphatic carbocycles. The Morgan fingerprint density at radius 1 is 1.35 bits per heavy atom. The summed E-state index contributed by atoms with van der Waals surface area (Å²) in [5, 5.41) is 7.00. The molecular weight excluding hydrogens is 272 g/mol. The highest BCUT2D eigenvalue weighted by molar-refractivity contribution is 7.90. The van der Waals surface area contributed by atoms with Gasteiger partial charge in [0.05, 0.1) is 4.90 Å². The Kier molecular flexibility index (Phi) is 5.18. The highest BCUT2D eigenvalue weighted by atomic mass is 32.2. The van der Waals surface area contributed by atoms with Gasteiger partial charge in [0.2, 0.25) is 0 Å². The van der Waals surface area contributed by atoms with Gasteiger partial charge < -0.3 is 10.6 Å². The van der Waals surface area contributed by atoms with Crippen LogP contribution in [0.5, 0.6) is 0 Å². The van der Waals surface area contributed by atoms with Crippen molar-refractivity contribution in [3.05, 3.63) is 29.8 Å². The van der Waals surface area contributed by atoms with E-state index in [9.17, 15) is 8.42 Å². The molecule has 0 amide bonds. The number of benzene rings is 1. The molecule has 0 radical (unpaired) electrons. The van der Waals surface area contributed by atoms with E-state index in [4.69, 9.17) is 0 Å². The van der Waals surface area contributed by atoms with Crippen molar-refractivity contribution in [3.8, 4) is 0 Å². The molecular formula is C15H24N2O2S. The van der Waals surface area contributed by atoms with Gasteiger partial charge in [-0.3, -0.25) is 0 Å². The first kappa shape index (κ1) is 15.5. The zero-order chi connectivity index (χ0) is 14.6. The molecule has 2 rings (SSSR count). The largest absolute Gasteiger partial charge is 0.314 e. The first-order chi connectivity index (χ1) is 9.45. The standard InChI is InChI=1S/C15H24N2O2S/c1-12(10-14-4-3-9-16-14)17-11-13-5-7-15(8-6-13)20(2,18)19/h5-8,12,14,16-17H,3-4,9-11H2,1-2H3. The van der Waals surface area contributed by atoms with Gasteiger partial charge in [0.25, 0.3) is 0 Å². The second kappa shape index (κ2) is 6.70. The van der Waals surface area contributed by atoms with E-state index in [1.54, 1.807) is 12.1 Å². The predicted octanol–water partition coefficient (Wildman–Crippen LogP) is 1.71. The normalized spacial score (nSPS) is 21.0. The molecule has 1 saturated heterocycles. The Morgan fingerprint density at radius 3 is 2.60 bits per heavy atom. The summed E-state index contributed by atoms with van der Waals surface area (Å²) in [4.78, 5) is 0.379. The number of nitrogens with one attached hydrogen (secondary N) is 2. The smallest absolute Gasteiger partial charge is 0.175 e. The number of sulfone groups is 1. The maximum absolute atomic E-state index is 11.4. The molecule has 1 fully saturated rings. The summed E-state index contributed by atoms with van der Waals surface area (Å²) in [6.45, 7) is 4.12. The van der Waals surface area contributed by atoms with Crippen LogP contribution < -0.4 is 10.6 Å². The van der Waals surface area contributed by atoms with Gasteiger partial charge in [-0.2, -0.15) is 0 Å². The van der Waals surface area contributed by atoms with E-state index < -0.39 is 9.84 Å². The summed E-state index contributed by atoms with van der Waals surface area (Å²) in [6.07, 6.45) is 4.93. The van der Waals surface area contributed by atoms with Gasteiger partial charge in [-0.05, 0) is 50.4 Å². The van der Waals surface area contributed by atoms with Crippen LogP contribution in [-0.4, -0.2) is 33.3 Å². The van der Waals surface area contributed by atoms with Gasteiger partial charge in [-0.25, -0.2) is 8.42 Å². The zero-order valence-corrected chi connectivity index (χ0v) is 13.0. The Bertz CT molecular complexity index is 519. The summed E-state index contributed by atoms with van der Waals surface area (Å²) in [5.41, 5.74) is 1.11. The van der Waals surface area contributed by atoms with E-state index in [1.165, 1.54) is 19.1 Å². The lowest BCUT2D eigenvalue weighted by atomic mass is 10.1. The van der Waals surface area contributed by atoms with Crippen LogP contribution in [0.15, 0.2) is 29.2 Å². The number of hydrogen-bond acceptors (Lipinski definition) is 4. The van der Waals surface area contributed by atoms with Crippen LogP contribution in [0, 0.1) is 0 Å². The Balaban J connectivity index is 1.81. The summed E-state index contributed by atoms with van der Waals surface area (Å²) < 4.78 is 22.8. The zero-order valence-electron chi connectivity index (χ0n) is 12.2. The molecule has 1 aromatic carbocycles. The first-order valence-electron chi connectivity index (χ1n) is 7.21. The lowest BCUT2D eigenvalue weighted by molar-refractivity contribution is 0.440. The fourth-order valence-electron chi connectivity index (χ4n) is 2.61. The third kappa shape index (κ3) is 4.58. The SMILES string of the molecule is CC(CC1CCCN1)NCc1ccc(S(C)(=O)=O)cc1. The van der Waals surface area contributed by atoms with E-state index in [1.807, 2.05) is 12.1 Å². The molecule has 1 aliphatic rings. The van der Waals surface area contributed by atoms with Gasteiger partial charge in [0.1, 0.15) is 0 Å². The fraction of sp³-hybridized carbons (Fsp3) is 0.600. The summed E-state index contributed by atoms with van der Waals surface area (Å²) in [5.74, 6) is 0. The van der Waals surface area contributed by atoms with Crippen LogP contribution in [0.4, 0.5) is 0 Å². The van der Waals surface area contributed by atoms with Gasteiger partial charge in [-0.1, -0.05) is 12.1 Å². The van der Waals surface area contributed by atoms with Crippen LogP contribution >= 0.6 is 0 Å². The van der Waals surface area contributed by atoms with Gasteiger partial charge in [-0.15, -0.1) is 0 Å². The monoisotopic (exact) mass is 296 g/mol. The second-order valence-corrected chi connectivity index (χ2v) is 7.74. The number of hydrogen-bond donors (Lipinski definition) is 2. The molecule has 0 spiro atoms. The molecule has 112 valence electrons. The van der Waals surface area contributed by atoms with E-state index in [2.05, 4.69) is 17.6 Å². The molecule has 2 unspecified atom stereocenters. The quantitative estimate of drug-likeness (QED) is 0.839. The highest BCUT2D eigenvalue weighted by Gasteiger charge is 2.16. The summed E-state index contributed by atoms with van der Waals surface area (Å²) in [6, 6.07) is 8.21. The second-order valence-electron chi connectivity index (χ2n) is 5.73. The maximum atomic E-state index is 11.4. The lowest BCUT2D eigenvalue weighted by Crippen LogP contribution is -2.33.